The molecule has 5 nitrogen and oxygen atoms in total. The minimum absolute atomic E-state index is 0.0232. The van der Waals surface area contributed by atoms with Crippen molar-refractivity contribution < 1.29 is 14.3 Å². The Morgan fingerprint density at radius 1 is 1.19 bits per heavy atom. The molecule has 0 saturated carbocycles. The number of hydrogen-bond acceptors (Lipinski definition) is 5. The Kier molecular flexibility index (Phi) is 6.56. The SMILES string of the molecule is CCCc1nc(-c2ccc3c(c2)N(CCCOc2ccc(C)cc2)C(=O)C(C)O3)cs1. The normalized spacial score (nSPS) is 15.5. The molecule has 1 atom stereocenters. The van der Waals surface area contributed by atoms with Crippen LogP contribution in [0.15, 0.2) is 47.8 Å². The molecule has 0 fully saturated rings. The summed E-state index contributed by atoms with van der Waals surface area (Å²) in [5.74, 6) is 1.56. The fraction of sp³-hybridized carbons (Fsp3) is 0.360. The maximum absolute atomic E-state index is 12.9. The summed E-state index contributed by atoms with van der Waals surface area (Å²) in [6.45, 7) is 7.13. The topological polar surface area (TPSA) is 51.7 Å². The van der Waals surface area contributed by atoms with Crippen molar-refractivity contribution in [1.29, 1.82) is 0 Å². The molecule has 0 N–H and O–H groups in total. The number of carbonyl (C=O) groups excluding carboxylic acids is 1. The molecule has 162 valence electrons. The third-order valence-corrected chi connectivity index (χ3v) is 6.20. The van der Waals surface area contributed by atoms with E-state index in [1.807, 2.05) is 47.4 Å². The lowest BCUT2D eigenvalue weighted by atomic mass is 10.1. The first-order valence-electron chi connectivity index (χ1n) is 10.8. The third kappa shape index (κ3) is 4.90. The van der Waals surface area contributed by atoms with Crippen LogP contribution < -0.4 is 14.4 Å². The lowest BCUT2D eigenvalue weighted by Gasteiger charge is -2.33. The second kappa shape index (κ2) is 9.52. The van der Waals surface area contributed by atoms with Gasteiger partial charge in [-0.1, -0.05) is 24.6 Å². The van der Waals surface area contributed by atoms with Crippen LogP contribution in [0, 0.1) is 6.92 Å². The van der Waals surface area contributed by atoms with Crippen molar-refractivity contribution in [3.63, 3.8) is 0 Å². The third-order valence-electron chi connectivity index (χ3n) is 5.29. The maximum Gasteiger partial charge on any atom is 0.267 e. The van der Waals surface area contributed by atoms with Gasteiger partial charge in [0.2, 0.25) is 0 Å². The van der Waals surface area contributed by atoms with Crippen molar-refractivity contribution in [2.75, 3.05) is 18.1 Å². The Balaban J connectivity index is 1.48. The zero-order chi connectivity index (χ0) is 21.8. The van der Waals surface area contributed by atoms with Gasteiger partial charge in [0.1, 0.15) is 11.5 Å². The van der Waals surface area contributed by atoms with Gasteiger partial charge in [-0.15, -0.1) is 11.3 Å². The zero-order valence-electron chi connectivity index (χ0n) is 18.3. The molecule has 3 aromatic rings. The number of fused-ring (bicyclic) bond motifs is 1. The molecule has 2 heterocycles. The van der Waals surface area contributed by atoms with E-state index in [4.69, 9.17) is 14.5 Å². The van der Waals surface area contributed by atoms with Crippen LogP contribution in [0.1, 0.15) is 37.3 Å². The van der Waals surface area contributed by atoms with Crippen LogP contribution in [0.3, 0.4) is 0 Å². The molecule has 0 bridgehead atoms. The Bertz CT molecular complexity index is 1050. The highest BCUT2D eigenvalue weighted by molar-refractivity contribution is 7.09. The second-order valence-electron chi connectivity index (χ2n) is 7.82. The van der Waals surface area contributed by atoms with Gasteiger partial charge >= 0.3 is 0 Å². The Morgan fingerprint density at radius 3 is 2.77 bits per heavy atom. The second-order valence-corrected chi connectivity index (χ2v) is 8.77. The van der Waals surface area contributed by atoms with Gasteiger partial charge in [0.25, 0.3) is 5.91 Å². The van der Waals surface area contributed by atoms with Gasteiger partial charge in [-0.25, -0.2) is 4.98 Å². The summed E-state index contributed by atoms with van der Waals surface area (Å²) in [4.78, 5) is 19.4. The van der Waals surface area contributed by atoms with Crippen molar-refractivity contribution >= 4 is 22.9 Å². The van der Waals surface area contributed by atoms with E-state index in [0.717, 1.165) is 52.7 Å². The maximum atomic E-state index is 12.9. The summed E-state index contributed by atoms with van der Waals surface area (Å²) in [6.07, 6.45) is 2.30. The molecule has 0 aliphatic carbocycles. The lowest BCUT2D eigenvalue weighted by molar-refractivity contribution is -0.125. The molecule has 0 saturated heterocycles. The number of hydrogen-bond donors (Lipinski definition) is 0. The van der Waals surface area contributed by atoms with Crippen molar-refractivity contribution in [2.24, 2.45) is 0 Å². The number of carbonyl (C=O) groups is 1. The van der Waals surface area contributed by atoms with Crippen LogP contribution in [0.5, 0.6) is 11.5 Å². The van der Waals surface area contributed by atoms with Crippen molar-refractivity contribution in [2.45, 2.75) is 46.1 Å². The Labute approximate surface area is 187 Å². The van der Waals surface area contributed by atoms with Crippen molar-refractivity contribution in [1.82, 2.24) is 4.98 Å². The first-order valence-corrected chi connectivity index (χ1v) is 11.7. The lowest BCUT2D eigenvalue weighted by Crippen LogP contribution is -2.45. The number of nitrogens with zero attached hydrogens (tertiary/aromatic N) is 2. The number of thiazole rings is 1. The molecule has 1 aromatic heterocycles. The summed E-state index contributed by atoms with van der Waals surface area (Å²) in [5, 5.41) is 3.22. The van der Waals surface area contributed by atoms with E-state index in [9.17, 15) is 4.79 Å². The predicted molar refractivity (Wildman–Crippen MR) is 125 cm³/mol. The van der Waals surface area contributed by atoms with Gasteiger partial charge < -0.3 is 14.4 Å². The molecule has 1 amide bonds. The number of ether oxygens (including phenoxy) is 2. The van der Waals surface area contributed by atoms with E-state index < -0.39 is 6.10 Å². The zero-order valence-corrected chi connectivity index (χ0v) is 19.1. The van der Waals surface area contributed by atoms with Gasteiger partial charge in [0, 0.05) is 17.5 Å². The van der Waals surface area contributed by atoms with Gasteiger partial charge in [-0.2, -0.15) is 0 Å². The first kappa shape index (κ1) is 21.4. The van der Waals surface area contributed by atoms with Crippen molar-refractivity contribution in [3.05, 3.63) is 58.4 Å². The Hall–Kier alpha value is -2.86. The van der Waals surface area contributed by atoms with Crippen LogP contribution in [0.4, 0.5) is 5.69 Å². The van der Waals surface area contributed by atoms with Gasteiger partial charge in [-0.05, 0) is 63.4 Å². The first-order chi connectivity index (χ1) is 15.0. The number of benzene rings is 2. The van der Waals surface area contributed by atoms with Gasteiger partial charge in [-0.3, -0.25) is 4.79 Å². The molecule has 1 unspecified atom stereocenters. The Morgan fingerprint density at radius 2 is 2.00 bits per heavy atom. The van der Waals surface area contributed by atoms with Gasteiger partial charge in [0.15, 0.2) is 6.10 Å². The average Bonchev–Trinajstić information content (AvgIpc) is 3.23. The van der Waals surface area contributed by atoms with Gasteiger partial charge in [0.05, 0.1) is 23.0 Å². The van der Waals surface area contributed by atoms with Crippen LogP contribution in [-0.4, -0.2) is 30.1 Å². The molecule has 0 spiro atoms. The molecule has 4 rings (SSSR count). The average molecular weight is 437 g/mol. The molecule has 31 heavy (non-hydrogen) atoms. The van der Waals surface area contributed by atoms with Crippen LogP contribution in [-0.2, 0) is 11.2 Å². The van der Waals surface area contributed by atoms with E-state index >= 15 is 0 Å². The fourth-order valence-corrected chi connectivity index (χ4v) is 4.53. The largest absolute Gasteiger partial charge is 0.494 e. The summed E-state index contributed by atoms with van der Waals surface area (Å²) in [7, 11) is 0. The molecular formula is C25H28N2O3S. The van der Waals surface area contributed by atoms with Crippen molar-refractivity contribution in [3.8, 4) is 22.8 Å². The molecule has 6 heteroatoms. The minimum Gasteiger partial charge on any atom is -0.494 e. The van der Waals surface area contributed by atoms with E-state index in [0.29, 0.717) is 13.2 Å². The van der Waals surface area contributed by atoms with E-state index in [-0.39, 0.29) is 5.91 Å². The number of anilines is 1. The monoisotopic (exact) mass is 436 g/mol. The number of amides is 1. The summed E-state index contributed by atoms with van der Waals surface area (Å²) in [6, 6.07) is 14.0. The van der Waals surface area contributed by atoms with Crippen LogP contribution in [0.25, 0.3) is 11.3 Å². The fourth-order valence-electron chi connectivity index (χ4n) is 3.62. The summed E-state index contributed by atoms with van der Waals surface area (Å²) >= 11 is 1.68. The highest BCUT2D eigenvalue weighted by atomic mass is 32.1. The summed E-state index contributed by atoms with van der Waals surface area (Å²) < 4.78 is 11.7. The molecular weight excluding hydrogens is 408 g/mol. The number of aryl methyl sites for hydroxylation is 2. The van der Waals surface area contributed by atoms with E-state index in [1.165, 1.54) is 5.56 Å². The van der Waals surface area contributed by atoms with E-state index in [2.05, 4.69) is 19.2 Å². The smallest absolute Gasteiger partial charge is 0.267 e. The molecule has 1 aliphatic heterocycles. The molecule has 1 aliphatic rings. The molecule has 2 aromatic carbocycles. The number of rotatable bonds is 8. The quantitative estimate of drug-likeness (QED) is 0.428. The minimum atomic E-state index is -0.494. The van der Waals surface area contributed by atoms with Crippen LogP contribution in [0.2, 0.25) is 0 Å². The standard InChI is InChI=1S/C25H28N2O3S/c1-4-6-24-26-21(16-31-24)19-9-12-23-22(15-19)27(25(28)18(3)30-23)13-5-14-29-20-10-7-17(2)8-11-20/h7-12,15-16,18H,4-6,13-14H2,1-3H3. The van der Waals surface area contributed by atoms with Crippen LogP contribution >= 0.6 is 11.3 Å². The number of aromatic nitrogens is 1. The highest BCUT2D eigenvalue weighted by Crippen LogP contribution is 2.38. The summed E-state index contributed by atoms with van der Waals surface area (Å²) in [5.41, 5.74) is 3.96. The van der Waals surface area contributed by atoms with E-state index in [1.54, 1.807) is 18.3 Å². The highest BCUT2D eigenvalue weighted by Gasteiger charge is 2.31. The predicted octanol–water partition coefficient (Wildman–Crippen LogP) is 5.65. The molecule has 0 radical (unpaired) electrons.